The molecule has 0 saturated heterocycles. The van der Waals surface area contributed by atoms with Crippen LogP contribution < -0.4 is 32.7 Å². The number of aliphatic hydroxyl groups is 1. The number of carbonyl (C=O) groups excluding carboxylic acids is 3. The molecular formula is C41H74N6O6. The topological polar surface area (TPSA) is 209 Å². The Balaban J connectivity index is 2.74. The quantitative estimate of drug-likeness (QED) is 0.0453. The van der Waals surface area contributed by atoms with Crippen molar-refractivity contribution in [2.45, 2.75) is 179 Å². The lowest BCUT2D eigenvalue weighted by molar-refractivity contribution is -0.142. The largest absolute Gasteiger partial charge is 0.480 e. The van der Waals surface area contributed by atoms with Gasteiger partial charge in [-0.05, 0) is 70.6 Å². The number of benzene rings is 1. The van der Waals surface area contributed by atoms with E-state index in [0.29, 0.717) is 38.9 Å². The number of rotatable bonds is 34. The number of hydrogen-bond acceptors (Lipinski definition) is 8. The number of aliphatic carboxylic acids is 1. The minimum Gasteiger partial charge on any atom is -0.480 e. The molecule has 1 rings (SSSR count). The smallest absolute Gasteiger partial charge is 0.326 e. The molecule has 0 bridgehead atoms. The second-order valence-corrected chi connectivity index (χ2v) is 14.5. The van der Waals surface area contributed by atoms with Crippen molar-refractivity contribution in [3.05, 3.63) is 35.9 Å². The summed E-state index contributed by atoms with van der Waals surface area (Å²) in [6.45, 7) is 5.22. The maximum atomic E-state index is 13.6. The van der Waals surface area contributed by atoms with E-state index >= 15 is 0 Å². The van der Waals surface area contributed by atoms with Crippen LogP contribution in [0.5, 0.6) is 0 Å². The molecule has 0 aromatic heterocycles. The molecule has 0 aliphatic heterocycles. The molecule has 53 heavy (non-hydrogen) atoms. The van der Waals surface area contributed by atoms with Crippen LogP contribution in [-0.2, 0) is 25.6 Å². The summed E-state index contributed by atoms with van der Waals surface area (Å²) in [6.07, 6.45) is 19.8. The van der Waals surface area contributed by atoms with Gasteiger partial charge in [-0.1, -0.05) is 127 Å². The van der Waals surface area contributed by atoms with Gasteiger partial charge in [0.1, 0.15) is 18.1 Å². The summed E-state index contributed by atoms with van der Waals surface area (Å²) in [4.78, 5) is 52.5. The first-order valence-corrected chi connectivity index (χ1v) is 20.6. The number of nitrogens with two attached hydrogens (primary N) is 2. The van der Waals surface area contributed by atoms with Crippen molar-refractivity contribution in [3.8, 4) is 0 Å². The van der Waals surface area contributed by atoms with Gasteiger partial charge in [0.05, 0.1) is 12.1 Å². The summed E-state index contributed by atoms with van der Waals surface area (Å²) in [5, 5.41) is 31.6. The zero-order valence-corrected chi connectivity index (χ0v) is 32.9. The van der Waals surface area contributed by atoms with E-state index in [1.54, 1.807) is 24.3 Å². The Morgan fingerprint density at radius 1 is 0.604 bits per heavy atom. The number of carboxylic acids is 1. The standard InChI is InChI=1S/C41H74N6O6/c1-3-4-5-6-7-8-9-10-11-12-13-14-15-23-30-44-34(26-19-21-28-42)38(49)47-37(32(2)48)40(51)46-36(31-33-24-17-16-18-25-33)39(50)45-35(41(52)53)27-20-22-29-43/h16-18,24-25,32,34-37,44,48H,3-15,19-23,26-31,42-43H2,1-2H3,(H,45,50)(H,46,51)(H,47,49)(H,52,53)/t32-,34+,35+,36+,37+/m1/s1. The molecule has 0 fully saturated rings. The minimum atomic E-state index is -1.34. The van der Waals surface area contributed by atoms with E-state index in [1.807, 2.05) is 6.07 Å². The molecule has 12 nitrogen and oxygen atoms in total. The summed E-state index contributed by atoms with van der Waals surface area (Å²) >= 11 is 0. The predicted octanol–water partition coefficient (Wildman–Crippen LogP) is 4.85. The van der Waals surface area contributed by atoms with Gasteiger partial charge in [0.25, 0.3) is 0 Å². The second-order valence-electron chi connectivity index (χ2n) is 14.5. The SMILES string of the molecule is CCCCCCCCCCCCCCCCN[C@@H](CCCCN)C(=O)N[C@H](C(=O)N[C@@H](Cc1ccccc1)C(=O)N[C@@H](CCCCN)C(=O)O)[C@@H](C)O. The maximum absolute atomic E-state index is 13.6. The summed E-state index contributed by atoms with van der Waals surface area (Å²) in [6, 6.07) is 4.79. The van der Waals surface area contributed by atoms with Gasteiger partial charge in [0.15, 0.2) is 0 Å². The monoisotopic (exact) mass is 747 g/mol. The fraction of sp³-hybridized carbons (Fsp3) is 0.756. The average molecular weight is 747 g/mol. The molecule has 10 N–H and O–H groups in total. The highest BCUT2D eigenvalue weighted by Gasteiger charge is 2.33. The zero-order chi connectivity index (χ0) is 39.1. The van der Waals surface area contributed by atoms with E-state index in [0.717, 1.165) is 37.7 Å². The van der Waals surface area contributed by atoms with Crippen LogP contribution in [0, 0.1) is 0 Å². The van der Waals surface area contributed by atoms with Crippen molar-refractivity contribution in [2.75, 3.05) is 19.6 Å². The minimum absolute atomic E-state index is 0.0799. The molecule has 3 amide bonds. The number of nitrogens with one attached hydrogen (secondary N) is 4. The highest BCUT2D eigenvalue weighted by atomic mass is 16.4. The van der Waals surface area contributed by atoms with E-state index in [9.17, 15) is 29.4 Å². The third-order valence-electron chi connectivity index (χ3n) is 9.72. The van der Waals surface area contributed by atoms with Crippen LogP contribution in [0.4, 0.5) is 0 Å². The molecule has 1 aromatic rings. The molecular weight excluding hydrogens is 672 g/mol. The van der Waals surface area contributed by atoms with Crippen molar-refractivity contribution in [1.29, 1.82) is 0 Å². The number of unbranched alkanes of at least 4 members (excludes halogenated alkanes) is 15. The van der Waals surface area contributed by atoms with E-state index in [1.165, 1.54) is 77.6 Å². The normalized spacial score (nSPS) is 14.1. The molecule has 0 heterocycles. The summed E-state index contributed by atoms with van der Waals surface area (Å²) < 4.78 is 0. The van der Waals surface area contributed by atoms with Crippen molar-refractivity contribution in [2.24, 2.45) is 11.5 Å². The lowest BCUT2D eigenvalue weighted by Gasteiger charge is -2.27. The van der Waals surface area contributed by atoms with Crippen molar-refractivity contribution in [1.82, 2.24) is 21.3 Å². The molecule has 1 aromatic carbocycles. The number of hydrogen-bond donors (Lipinski definition) is 8. The van der Waals surface area contributed by atoms with Gasteiger partial charge in [-0.15, -0.1) is 0 Å². The van der Waals surface area contributed by atoms with Gasteiger partial charge in [-0.3, -0.25) is 14.4 Å². The van der Waals surface area contributed by atoms with Gasteiger partial charge in [0, 0.05) is 6.42 Å². The average Bonchev–Trinajstić information content (AvgIpc) is 3.14. The Kier molecular flexibility index (Phi) is 28.3. The summed E-state index contributed by atoms with van der Waals surface area (Å²) in [7, 11) is 0. The molecule has 5 atom stereocenters. The van der Waals surface area contributed by atoms with Gasteiger partial charge in [0.2, 0.25) is 17.7 Å². The Hall–Kier alpha value is -3.06. The van der Waals surface area contributed by atoms with Crippen LogP contribution in [0.3, 0.4) is 0 Å². The Labute approximate surface area is 319 Å². The van der Waals surface area contributed by atoms with Gasteiger partial charge >= 0.3 is 5.97 Å². The third-order valence-corrected chi connectivity index (χ3v) is 9.72. The van der Waals surface area contributed by atoms with Crippen LogP contribution >= 0.6 is 0 Å². The number of aliphatic hydroxyl groups excluding tert-OH is 1. The van der Waals surface area contributed by atoms with Crippen molar-refractivity contribution >= 4 is 23.7 Å². The fourth-order valence-electron chi connectivity index (χ4n) is 6.42. The summed E-state index contributed by atoms with van der Waals surface area (Å²) in [5.74, 6) is -3.01. The Morgan fingerprint density at radius 2 is 1.08 bits per heavy atom. The van der Waals surface area contributed by atoms with Crippen LogP contribution in [0.1, 0.15) is 148 Å². The maximum Gasteiger partial charge on any atom is 0.326 e. The first-order valence-electron chi connectivity index (χ1n) is 20.6. The number of carboxylic acid groups (broad SMARTS) is 1. The molecule has 0 radical (unpaired) electrons. The first kappa shape index (κ1) is 48.0. The summed E-state index contributed by atoms with van der Waals surface area (Å²) in [5.41, 5.74) is 12.0. The molecule has 12 heteroatoms. The predicted molar refractivity (Wildman–Crippen MR) is 213 cm³/mol. The molecule has 0 unspecified atom stereocenters. The van der Waals surface area contributed by atoms with Gasteiger partial charge < -0.3 is 42.9 Å². The van der Waals surface area contributed by atoms with Crippen LogP contribution in [0.15, 0.2) is 30.3 Å². The number of amides is 3. The lowest BCUT2D eigenvalue weighted by atomic mass is 10.0. The van der Waals surface area contributed by atoms with Crippen molar-refractivity contribution < 1.29 is 29.4 Å². The van der Waals surface area contributed by atoms with Crippen LogP contribution in [-0.4, -0.2) is 83.8 Å². The third kappa shape index (κ3) is 23.4. The Morgan fingerprint density at radius 3 is 1.57 bits per heavy atom. The van der Waals surface area contributed by atoms with Gasteiger partial charge in [-0.25, -0.2) is 4.79 Å². The molecule has 0 aliphatic carbocycles. The van der Waals surface area contributed by atoms with Crippen LogP contribution in [0.25, 0.3) is 0 Å². The molecule has 0 saturated carbocycles. The molecule has 0 aliphatic rings. The molecule has 0 spiro atoms. The Bertz CT molecular complexity index is 1110. The van der Waals surface area contributed by atoms with E-state index < -0.39 is 54.0 Å². The lowest BCUT2D eigenvalue weighted by Crippen LogP contribution is -2.60. The fourth-order valence-corrected chi connectivity index (χ4v) is 6.42. The van der Waals surface area contributed by atoms with Gasteiger partial charge in [-0.2, -0.15) is 0 Å². The van der Waals surface area contributed by atoms with E-state index in [-0.39, 0.29) is 12.8 Å². The number of carbonyl (C=O) groups is 4. The molecule has 304 valence electrons. The van der Waals surface area contributed by atoms with E-state index in [4.69, 9.17) is 11.5 Å². The van der Waals surface area contributed by atoms with Crippen LogP contribution in [0.2, 0.25) is 0 Å². The zero-order valence-electron chi connectivity index (χ0n) is 32.9. The van der Waals surface area contributed by atoms with E-state index in [2.05, 4.69) is 28.2 Å². The highest BCUT2D eigenvalue weighted by Crippen LogP contribution is 2.13. The first-order chi connectivity index (χ1) is 25.6. The second kappa shape index (κ2) is 31.3. The van der Waals surface area contributed by atoms with Crippen molar-refractivity contribution in [3.63, 3.8) is 0 Å². The highest BCUT2D eigenvalue weighted by molar-refractivity contribution is 5.94.